The van der Waals surface area contributed by atoms with Crippen molar-refractivity contribution in [2.24, 2.45) is 0 Å². The number of hydrogen-bond donors (Lipinski definition) is 2. The minimum atomic E-state index is -0.595. The molecule has 0 aliphatic carbocycles. The van der Waals surface area contributed by atoms with E-state index in [1.54, 1.807) is 6.20 Å². The topological polar surface area (TPSA) is 68.4 Å². The van der Waals surface area contributed by atoms with Gasteiger partial charge in [-0.3, -0.25) is 0 Å². The van der Waals surface area contributed by atoms with Crippen molar-refractivity contribution in [2.45, 2.75) is 19.4 Å². The van der Waals surface area contributed by atoms with Gasteiger partial charge >= 0.3 is 0 Å². The van der Waals surface area contributed by atoms with E-state index in [-0.39, 0.29) is 0 Å². The smallest absolute Gasteiger partial charge is 0.126 e. The lowest BCUT2D eigenvalue weighted by Gasteiger charge is -2.13. The molecule has 0 radical (unpaired) electrons. The molecular weight excluding hydrogens is 240 g/mol. The van der Waals surface area contributed by atoms with E-state index in [0.717, 1.165) is 16.9 Å². The number of nitrogens with two attached hydrogens (primary N) is 1. The van der Waals surface area contributed by atoms with Crippen LogP contribution in [-0.4, -0.2) is 16.7 Å². The molecule has 0 aliphatic rings. The highest BCUT2D eigenvalue weighted by Gasteiger charge is 2.11. The molecule has 1 heterocycles. The van der Waals surface area contributed by atoms with Crippen LogP contribution in [0.1, 0.15) is 24.2 Å². The summed E-state index contributed by atoms with van der Waals surface area (Å²) in [6.45, 7) is 2.57. The van der Waals surface area contributed by atoms with Gasteiger partial charge in [0.25, 0.3) is 0 Å². The molecule has 1 unspecified atom stereocenters. The molecule has 0 saturated heterocycles. The number of rotatable bonds is 5. The van der Waals surface area contributed by atoms with E-state index in [0.29, 0.717) is 18.8 Å². The number of benzene rings is 1. The maximum atomic E-state index is 10.2. The van der Waals surface area contributed by atoms with Crippen LogP contribution in [0.25, 0.3) is 0 Å². The first kappa shape index (κ1) is 13.4. The number of pyridine rings is 1. The number of aliphatic hydroxyl groups excluding tert-OH is 1. The summed E-state index contributed by atoms with van der Waals surface area (Å²) in [7, 11) is 0. The molecule has 4 heteroatoms. The van der Waals surface area contributed by atoms with Gasteiger partial charge in [-0.25, -0.2) is 4.98 Å². The normalized spacial score (nSPS) is 12.1. The average Bonchev–Trinajstić information content (AvgIpc) is 2.42. The standard InChI is InChI=1S/C15H18N2O2/c1-2-19-13-7-5-11(6-8-13)14(18)10-12-4-3-9-17-15(12)16/h3-9,14,18H,2,10H2,1H3,(H2,16,17). The van der Waals surface area contributed by atoms with Crippen LogP contribution in [0.5, 0.6) is 5.75 Å². The maximum Gasteiger partial charge on any atom is 0.126 e. The summed E-state index contributed by atoms with van der Waals surface area (Å²) in [5.41, 5.74) is 7.46. The van der Waals surface area contributed by atoms with Crippen molar-refractivity contribution >= 4 is 5.82 Å². The molecule has 100 valence electrons. The number of aromatic nitrogens is 1. The highest BCUT2D eigenvalue weighted by atomic mass is 16.5. The van der Waals surface area contributed by atoms with Crippen molar-refractivity contribution in [3.05, 3.63) is 53.7 Å². The van der Waals surface area contributed by atoms with Gasteiger partial charge in [0.05, 0.1) is 12.7 Å². The zero-order chi connectivity index (χ0) is 13.7. The van der Waals surface area contributed by atoms with Gasteiger partial charge in [-0.15, -0.1) is 0 Å². The number of nitrogen functional groups attached to an aromatic ring is 1. The first-order valence-corrected chi connectivity index (χ1v) is 6.31. The van der Waals surface area contributed by atoms with E-state index < -0.39 is 6.10 Å². The van der Waals surface area contributed by atoms with Crippen LogP contribution in [0, 0.1) is 0 Å². The molecule has 0 aliphatic heterocycles. The second-order valence-corrected chi connectivity index (χ2v) is 4.27. The second kappa shape index (κ2) is 6.20. The summed E-state index contributed by atoms with van der Waals surface area (Å²) in [6.07, 6.45) is 1.50. The van der Waals surface area contributed by atoms with Crippen LogP contribution in [0.15, 0.2) is 42.6 Å². The van der Waals surface area contributed by atoms with Gasteiger partial charge in [-0.2, -0.15) is 0 Å². The highest BCUT2D eigenvalue weighted by Crippen LogP contribution is 2.22. The minimum absolute atomic E-state index is 0.452. The summed E-state index contributed by atoms with van der Waals surface area (Å²) in [6, 6.07) is 11.1. The Hall–Kier alpha value is -2.07. The van der Waals surface area contributed by atoms with E-state index in [2.05, 4.69) is 4.98 Å². The van der Waals surface area contributed by atoms with Crippen molar-refractivity contribution in [1.29, 1.82) is 0 Å². The quantitative estimate of drug-likeness (QED) is 0.863. The predicted octanol–water partition coefficient (Wildman–Crippen LogP) is 2.34. The third kappa shape index (κ3) is 3.45. The lowest BCUT2D eigenvalue weighted by Crippen LogP contribution is -2.05. The van der Waals surface area contributed by atoms with Gasteiger partial charge < -0.3 is 15.6 Å². The number of nitrogens with zero attached hydrogens (tertiary/aromatic N) is 1. The number of aliphatic hydroxyl groups is 1. The third-order valence-corrected chi connectivity index (χ3v) is 2.92. The molecule has 0 saturated carbocycles. The molecule has 2 aromatic rings. The van der Waals surface area contributed by atoms with Gasteiger partial charge in [0, 0.05) is 12.6 Å². The van der Waals surface area contributed by atoms with Crippen LogP contribution in [0.3, 0.4) is 0 Å². The molecule has 0 amide bonds. The summed E-state index contributed by atoms with van der Waals surface area (Å²) in [4.78, 5) is 4.01. The van der Waals surface area contributed by atoms with Gasteiger partial charge in [-0.1, -0.05) is 18.2 Å². The molecule has 4 nitrogen and oxygen atoms in total. The summed E-state index contributed by atoms with van der Waals surface area (Å²) in [5.74, 6) is 1.27. The lowest BCUT2D eigenvalue weighted by molar-refractivity contribution is 0.178. The van der Waals surface area contributed by atoms with Gasteiger partial charge in [-0.05, 0) is 36.2 Å². The lowest BCUT2D eigenvalue weighted by atomic mass is 10.0. The van der Waals surface area contributed by atoms with Crippen molar-refractivity contribution < 1.29 is 9.84 Å². The monoisotopic (exact) mass is 258 g/mol. The van der Waals surface area contributed by atoms with Crippen LogP contribution in [0.4, 0.5) is 5.82 Å². The van der Waals surface area contributed by atoms with Crippen LogP contribution >= 0.6 is 0 Å². The van der Waals surface area contributed by atoms with Crippen LogP contribution in [-0.2, 0) is 6.42 Å². The van der Waals surface area contributed by atoms with Crippen LogP contribution < -0.4 is 10.5 Å². The zero-order valence-corrected chi connectivity index (χ0v) is 10.9. The molecule has 1 aromatic heterocycles. The summed E-state index contributed by atoms with van der Waals surface area (Å²) >= 11 is 0. The van der Waals surface area contributed by atoms with E-state index in [1.807, 2.05) is 43.3 Å². The molecule has 3 N–H and O–H groups in total. The summed E-state index contributed by atoms with van der Waals surface area (Å²) in [5, 5.41) is 10.2. The molecule has 2 rings (SSSR count). The van der Waals surface area contributed by atoms with E-state index in [4.69, 9.17) is 10.5 Å². The maximum absolute atomic E-state index is 10.2. The molecular formula is C15H18N2O2. The molecule has 1 atom stereocenters. The average molecular weight is 258 g/mol. The Morgan fingerprint density at radius 2 is 2.00 bits per heavy atom. The molecule has 0 spiro atoms. The Balaban J connectivity index is 2.07. The molecule has 1 aromatic carbocycles. The third-order valence-electron chi connectivity index (χ3n) is 2.92. The van der Waals surface area contributed by atoms with Gasteiger partial charge in [0.1, 0.15) is 11.6 Å². The Bertz CT molecular complexity index is 526. The number of hydrogen-bond acceptors (Lipinski definition) is 4. The fraction of sp³-hybridized carbons (Fsp3) is 0.267. The van der Waals surface area contributed by atoms with E-state index in [1.165, 1.54) is 0 Å². The first-order valence-electron chi connectivity index (χ1n) is 6.31. The minimum Gasteiger partial charge on any atom is -0.494 e. The van der Waals surface area contributed by atoms with Gasteiger partial charge in [0.2, 0.25) is 0 Å². The molecule has 0 bridgehead atoms. The van der Waals surface area contributed by atoms with Crippen LogP contribution in [0.2, 0.25) is 0 Å². The van der Waals surface area contributed by atoms with Crippen molar-refractivity contribution in [2.75, 3.05) is 12.3 Å². The Morgan fingerprint density at radius 1 is 1.26 bits per heavy atom. The highest BCUT2D eigenvalue weighted by molar-refractivity contribution is 5.39. The van der Waals surface area contributed by atoms with E-state index >= 15 is 0 Å². The fourth-order valence-electron chi connectivity index (χ4n) is 1.90. The second-order valence-electron chi connectivity index (χ2n) is 4.27. The summed E-state index contributed by atoms with van der Waals surface area (Å²) < 4.78 is 5.37. The van der Waals surface area contributed by atoms with Crippen molar-refractivity contribution in [3.8, 4) is 5.75 Å². The van der Waals surface area contributed by atoms with Gasteiger partial charge in [0.15, 0.2) is 0 Å². The zero-order valence-electron chi connectivity index (χ0n) is 10.9. The Morgan fingerprint density at radius 3 is 2.63 bits per heavy atom. The molecule has 0 fully saturated rings. The Labute approximate surface area is 112 Å². The largest absolute Gasteiger partial charge is 0.494 e. The predicted molar refractivity (Wildman–Crippen MR) is 74.9 cm³/mol. The number of ether oxygens (including phenoxy) is 1. The van der Waals surface area contributed by atoms with Crippen molar-refractivity contribution in [3.63, 3.8) is 0 Å². The Kier molecular flexibility index (Phi) is 4.36. The molecule has 19 heavy (non-hydrogen) atoms. The van der Waals surface area contributed by atoms with E-state index in [9.17, 15) is 5.11 Å². The first-order chi connectivity index (χ1) is 9.20. The number of anilines is 1. The fourth-order valence-corrected chi connectivity index (χ4v) is 1.90. The SMILES string of the molecule is CCOc1ccc(C(O)Cc2cccnc2N)cc1. The van der Waals surface area contributed by atoms with Crippen molar-refractivity contribution in [1.82, 2.24) is 4.98 Å².